The Morgan fingerprint density at radius 2 is 2.40 bits per heavy atom. The zero-order chi connectivity index (χ0) is 10.9. The van der Waals surface area contributed by atoms with Crippen molar-refractivity contribution in [3.63, 3.8) is 0 Å². The molecule has 0 aromatic carbocycles. The smallest absolute Gasteiger partial charge is 0.289 e. The Morgan fingerprint density at radius 1 is 1.53 bits per heavy atom. The number of ether oxygens (including phenoxy) is 3. The lowest BCUT2D eigenvalue weighted by molar-refractivity contribution is -0.122. The Bertz CT molecular complexity index is 229. The van der Waals surface area contributed by atoms with Crippen LogP contribution in [0.2, 0.25) is 0 Å². The van der Waals surface area contributed by atoms with Crippen LogP contribution >= 0.6 is 0 Å². The molecule has 0 radical (unpaired) electrons. The van der Waals surface area contributed by atoms with Crippen LogP contribution in [0.15, 0.2) is 12.0 Å². The molecule has 0 aromatic heterocycles. The first kappa shape index (κ1) is 11.8. The van der Waals surface area contributed by atoms with E-state index in [2.05, 4.69) is 5.32 Å². The van der Waals surface area contributed by atoms with Gasteiger partial charge >= 0.3 is 0 Å². The first-order chi connectivity index (χ1) is 7.34. The zero-order valence-corrected chi connectivity index (χ0v) is 8.40. The van der Waals surface area contributed by atoms with Gasteiger partial charge in [-0.25, -0.2) is 0 Å². The van der Waals surface area contributed by atoms with Gasteiger partial charge in [-0.2, -0.15) is 0 Å². The van der Waals surface area contributed by atoms with Crippen molar-refractivity contribution in [2.75, 3.05) is 39.6 Å². The van der Waals surface area contributed by atoms with E-state index in [1.807, 2.05) is 0 Å². The summed E-state index contributed by atoms with van der Waals surface area (Å²) >= 11 is 0. The van der Waals surface area contributed by atoms with Crippen molar-refractivity contribution in [1.29, 1.82) is 0 Å². The summed E-state index contributed by atoms with van der Waals surface area (Å²) in [7, 11) is 0. The van der Waals surface area contributed by atoms with E-state index in [9.17, 15) is 4.79 Å². The summed E-state index contributed by atoms with van der Waals surface area (Å²) in [5.41, 5.74) is 0. The van der Waals surface area contributed by atoms with E-state index in [0.717, 1.165) is 0 Å². The standard InChI is InChI=1S/C9H15NO5/c11-2-4-13-3-1-10-9(12)8-7-14-5-6-15-8/h7,11H,1-6H2,(H,10,12). The number of carbonyl (C=O) groups is 1. The highest BCUT2D eigenvalue weighted by atomic mass is 16.6. The van der Waals surface area contributed by atoms with Crippen molar-refractivity contribution in [3.8, 4) is 0 Å². The minimum absolute atomic E-state index is 0.0178. The van der Waals surface area contributed by atoms with Crippen LogP contribution < -0.4 is 5.32 Å². The molecule has 0 spiro atoms. The van der Waals surface area contributed by atoms with Gasteiger partial charge in [0, 0.05) is 6.54 Å². The summed E-state index contributed by atoms with van der Waals surface area (Å²) in [6.45, 7) is 1.85. The molecule has 2 N–H and O–H groups in total. The number of nitrogens with one attached hydrogen (secondary N) is 1. The van der Waals surface area contributed by atoms with Crippen LogP contribution in [0.25, 0.3) is 0 Å². The SMILES string of the molecule is O=C(NCCOCCO)C1=COCCO1. The van der Waals surface area contributed by atoms with Gasteiger partial charge in [0.2, 0.25) is 5.76 Å². The summed E-state index contributed by atoms with van der Waals surface area (Å²) in [5.74, 6) is -0.134. The molecule has 1 rings (SSSR count). The lowest BCUT2D eigenvalue weighted by Crippen LogP contribution is -2.31. The lowest BCUT2D eigenvalue weighted by atomic mass is 10.4. The minimum Gasteiger partial charge on any atom is -0.494 e. The normalized spacial score (nSPS) is 14.9. The van der Waals surface area contributed by atoms with E-state index < -0.39 is 0 Å². The van der Waals surface area contributed by atoms with E-state index in [0.29, 0.717) is 26.4 Å². The highest BCUT2D eigenvalue weighted by Crippen LogP contribution is 2.03. The van der Waals surface area contributed by atoms with E-state index in [1.165, 1.54) is 6.26 Å². The Kier molecular flexibility index (Phi) is 5.57. The molecule has 1 aliphatic rings. The molecule has 6 nitrogen and oxygen atoms in total. The Morgan fingerprint density at radius 3 is 3.07 bits per heavy atom. The number of hydrogen-bond donors (Lipinski definition) is 2. The van der Waals surface area contributed by atoms with Crippen LogP contribution in [-0.4, -0.2) is 50.6 Å². The number of aliphatic hydroxyl groups is 1. The molecular formula is C9H15NO5. The predicted octanol–water partition coefficient (Wildman–Crippen LogP) is -1.00. The molecule has 0 bridgehead atoms. The Hall–Kier alpha value is -1.27. The molecule has 0 saturated heterocycles. The number of aliphatic hydroxyl groups excluding tert-OH is 1. The van der Waals surface area contributed by atoms with E-state index in [4.69, 9.17) is 19.3 Å². The second-order valence-electron chi connectivity index (χ2n) is 2.79. The average molecular weight is 217 g/mol. The molecular weight excluding hydrogens is 202 g/mol. The van der Waals surface area contributed by atoms with Gasteiger partial charge in [-0.05, 0) is 0 Å². The molecule has 1 amide bonds. The lowest BCUT2D eigenvalue weighted by Gasteiger charge is -2.14. The van der Waals surface area contributed by atoms with Gasteiger partial charge in [-0.3, -0.25) is 4.79 Å². The molecule has 0 aliphatic carbocycles. The van der Waals surface area contributed by atoms with Crippen molar-refractivity contribution in [2.24, 2.45) is 0 Å². The zero-order valence-electron chi connectivity index (χ0n) is 8.40. The fraction of sp³-hybridized carbons (Fsp3) is 0.667. The summed E-state index contributed by atoms with van der Waals surface area (Å²) < 4.78 is 15.0. The first-order valence-corrected chi connectivity index (χ1v) is 4.76. The van der Waals surface area contributed by atoms with Crippen molar-refractivity contribution >= 4 is 5.91 Å². The maximum atomic E-state index is 11.3. The number of amides is 1. The molecule has 0 unspecified atom stereocenters. The van der Waals surface area contributed by atoms with Crippen molar-refractivity contribution < 1.29 is 24.1 Å². The summed E-state index contributed by atoms with van der Waals surface area (Å²) in [6.07, 6.45) is 1.30. The molecule has 86 valence electrons. The van der Waals surface area contributed by atoms with Crippen LogP contribution in [0, 0.1) is 0 Å². The topological polar surface area (TPSA) is 77.0 Å². The minimum atomic E-state index is -0.317. The molecule has 0 atom stereocenters. The molecule has 1 heterocycles. The Labute approximate surface area is 87.8 Å². The largest absolute Gasteiger partial charge is 0.494 e. The number of carbonyl (C=O) groups excluding carboxylic acids is 1. The highest BCUT2D eigenvalue weighted by Gasteiger charge is 2.13. The number of rotatable bonds is 6. The summed E-state index contributed by atoms with van der Waals surface area (Å²) in [4.78, 5) is 11.3. The van der Waals surface area contributed by atoms with Crippen LogP contribution in [0.1, 0.15) is 0 Å². The fourth-order valence-electron chi connectivity index (χ4n) is 0.978. The maximum absolute atomic E-state index is 11.3. The summed E-state index contributed by atoms with van der Waals surface area (Å²) in [6, 6.07) is 0. The maximum Gasteiger partial charge on any atom is 0.289 e. The second-order valence-corrected chi connectivity index (χ2v) is 2.79. The third-order valence-corrected chi connectivity index (χ3v) is 1.64. The fourth-order valence-corrected chi connectivity index (χ4v) is 0.978. The van der Waals surface area contributed by atoms with Crippen molar-refractivity contribution in [3.05, 3.63) is 12.0 Å². The van der Waals surface area contributed by atoms with Gasteiger partial charge in [-0.1, -0.05) is 0 Å². The predicted molar refractivity (Wildman–Crippen MR) is 50.9 cm³/mol. The van der Waals surface area contributed by atoms with Gasteiger partial charge in [-0.15, -0.1) is 0 Å². The van der Waals surface area contributed by atoms with Gasteiger partial charge < -0.3 is 24.6 Å². The van der Waals surface area contributed by atoms with Crippen LogP contribution in [0.5, 0.6) is 0 Å². The third-order valence-electron chi connectivity index (χ3n) is 1.64. The molecule has 1 aliphatic heterocycles. The number of hydrogen-bond acceptors (Lipinski definition) is 5. The van der Waals surface area contributed by atoms with Crippen molar-refractivity contribution in [1.82, 2.24) is 5.32 Å². The monoisotopic (exact) mass is 217 g/mol. The molecule has 6 heteroatoms. The van der Waals surface area contributed by atoms with Crippen LogP contribution in [-0.2, 0) is 19.0 Å². The van der Waals surface area contributed by atoms with Gasteiger partial charge in [0.25, 0.3) is 5.91 Å². The average Bonchev–Trinajstić information content (AvgIpc) is 2.30. The van der Waals surface area contributed by atoms with E-state index in [-0.39, 0.29) is 24.9 Å². The van der Waals surface area contributed by atoms with E-state index in [1.54, 1.807) is 0 Å². The van der Waals surface area contributed by atoms with Gasteiger partial charge in [0.15, 0.2) is 0 Å². The molecule has 0 fully saturated rings. The summed E-state index contributed by atoms with van der Waals surface area (Å²) in [5, 5.41) is 11.0. The molecule has 0 saturated carbocycles. The van der Waals surface area contributed by atoms with Crippen LogP contribution in [0.3, 0.4) is 0 Å². The quantitative estimate of drug-likeness (QED) is 0.558. The Balaban J connectivity index is 2.10. The highest BCUT2D eigenvalue weighted by molar-refractivity contribution is 5.91. The van der Waals surface area contributed by atoms with Crippen LogP contribution in [0.4, 0.5) is 0 Å². The van der Waals surface area contributed by atoms with Crippen molar-refractivity contribution in [2.45, 2.75) is 0 Å². The second kappa shape index (κ2) is 7.08. The third kappa shape index (κ3) is 4.66. The first-order valence-electron chi connectivity index (χ1n) is 4.76. The van der Waals surface area contributed by atoms with E-state index >= 15 is 0 Å². The molecule has 15 heavy (non-hydrogen) atoms. The van der Waals surface area contributed by atoms with Gasteiger partial charge in [0.1, 0.15) is 19.5 Å². The van der Waals surface area contributed by atoms with Gasteiger partial charge in [0.05, 0.1) is 19.8 Å². The molecule has 0 aromatic rings.